The minimum absolute atomic E-state index is 0.146. The monoisotopic (exact) mass is 497 g/mol. The third-order valence-electron chi connectivity index (χ3n) is 5.21. The Kier molecular flexibility index (Phi) is 6.38. The molecule has 6 nitrogen and oxygen atoms in total. The van der Waals surface area contributed by atoms with E-state index in [4.69, 9.17) is 0 Å². The van der Waals surface area contributed by atoms with Crippen molar-refractivity contribution in [2.24, 2.45) is 0 Å². The number of aromatic nitrogens is 2. The molecule has 1 aromatic carbocycles. The lowest BCUT2D eigenvalue weighted by Gasteiger charge is -2.19. The summed E-state index contributed by atoms with van der Waals surface area (Å²) in [5, 5.41) is 5.22. The maximum Gasteiger partial charge on any atom is 0.263 e. The number of amides is 1. The first-order valence-electron chi connectivity index (χ1n) is 10.1. The van der Waals surface area contributed by atoms with Crippen molar-refractivity contribution in [3.05, 3.63) is 82.8 Å². The Morgan fingerprint density at radius 1 is 1.09 bits per heavy atom. The summed E-state index contributed by atoms with van der Waals surface area (Å²) in [5.41, 5.74) is 4.20. The van der Waals surface area contributed by atoms with E-state index in [1.807, 2.05) is 42.8 Å². The molecule has 0 saturated carbocycles. The van der Waals surface area contributed by atoms with Crippen LogP contribution in [-0.4, -0.2) is 36.7 Å². The minimum Gasteiger partial charge on any atom is -0.309 e. The summed E-state index contributed by atoms with van der Waals surface area (Å²) in [5.74, 6) is -0.146. The lowest BCUT2D eigenvalue weighted by Crippen LogP contribution is -2.31. The van der Waals surface area contributed by atoms with Crippen molar-refractivity contribution in [3.63, 3.8) is 0 Å². The summed E-state index contributed by atoms with van der Waals surface area (Å²) in [6.45, 7) is 8.17. The summed E-state index contributed by atoms with van der Waals surface area (Å²) in [6.07, 6.45) is 2.86. The molecule has 33 heavy (non-hydrogen) atoms. The minimum atomic E-state index is -3.27. The third-order valence-corrected chi connectivity index (χ3v) is 8.10. The fourth-order valence-electron chi connectivity index (χ4n) is 3.54. The van der Waals surface area contributed by atoms with Gasteiger partial charge in [-0.2, -0.15) is 0 Å². The molecule has 0 aliphatic heterocycles. The molecule has 0 spiro atoms. The van der Waals surface area contributed by atoms with Crippen LogP contribution in [0, 0.1) is 13.8 Å². The summed E-state index contributed by atoms with van der Waals surface area (Å²) >= 11 is 2.89. The van der Waals surface area contributed by atoms with Crippen molar-refractivity contribution in [1.29, 1.82) is 0 Å². The molecule has 4 aromatic rings. The molecule has 170 valence electrons. The smallest absolute Gasteiger partial charge is 0.263 e. The first kappa shape index (κ1) is 23.2. The van der Waals surface area contributed by atoms with Crippen molar-refractivity contribution in [3.8, 4) is 16.3 Å². The molecular weight excluding hydrogens is 474 g/mol. The number of hydrogen-bond acceptors (Lipinski definition) is 6. The molecule has 1 amide bonds. The highest BCUT2D eigenvalue weighted by molar-refractivity contribution is 7.90. The normalized spacial score (nSPS) is 11.5. The van der Waals surface area contributed by atoms with Gasteiger partial charge in [-0.3, -0.25) is 9.69 Å². The molecular formula is C24H23N3O3S3. The maximum atomic E-state index is 13.6. The van der Waals surface area contributed by atoms with Crippen LogP contribution in [0.5, 0.6) is 0 Å². The number of carbonyl (C=O) groups excluding carboxylic acids is 1. The van der Waals surface area contributed by atoms with E-state index in [1.165, 1.54) is 28.9 Å². The van der Waals surface area contributed by atoms with Gasteiger partial charge in [-0.25, -0.2) is 13.4 Å². The summed E-state index contributed by atoms with van der Waals surface area (Å²) in [7, 11) is -3.27. The Labute approximate surface area is 201 Å². The zero-order valence-corrected chi connectivity index (χ0v) is 20.9. The predicted octanol–water partition coefficient (Wildman–Crippen LogP) is 5.52. The molecule has 0 radical (unpaired) electrons. The zero-order chi connectivity index (χ0) is 23.8. The Balaban J connectivity index is 1.67. The summed E-state index contributed by atoms with van der Waals surface area (Å²) in [4.78, 5) is 20.2. The SMILES string of the molecule is C=CCN(C(=O)c1ccsc1-n1c(C)ccc1C)c1nc(-c2ccc(S(C)(=O)=O)cc2)cs1. The number of sulfone groups is 1. The van der Waals surface area contributed by atoms with Crippen molar-refractivity contribution in [1.82, 2.24) is 9.55 Å². The number of rotatable bonds is 7. The largest absolute Gasteiger partial charge is 0.309 e. The number of aryl methyl sites for hydroxylation is 2. The van der Waals surface area contributed by atoms with Gasteiger partial charge in [0.15, 0.2) is 15.0 Å². The van der Waals surface area contributed by atoms with Crippen molar-refractivity contribution in [2.45, 2.75) is 18.7 Å². The second kappa shape index (κ2) is 9.09. The number of anilines is 1. The summed E-state index contributed by atoms with van der Waals surface area (Å²) in [6, 6.07) is 12.5. The van der Waals surface area contributed by atoms with Crippen LogP contribution in [0.3, 0.4) is 0 Å². The fraction of sp³-hybridized carbons (Fsp3) is 0.167. The molecule has 4 rings (SSSR count). The van der Waals surface area contributed by atoms with Gasteiger partial charge in [-0.1, -0.05) is 18.2 Å². The van der Waals surface area contributed by atoms with Crippen LogP contribution in [-0.2, 0) is 9.84 Å². The molecule has 0 saturated heterocycles. The second-order valence-electron chi connectivity index (χ2n) is 7.61. The molecule has 0 fully saturated rings. The molecule has 0 N–H and O–H groups in total. The van der Waals surface area contributed by atoms with Gasteiger partial charge in [0, 0.05) is 35.1 Å². The van der Waals surface area contributed by atoms with Crippen molar-refractivity contribution >= 4 is 43.5 Å². The van der Waals surface area contributed by atoms with Gasteiger partial charge in [-0.05, 0) is 49.6 Å². The molecule has 0 bridgehead atoms. The van der Waals surface area contributed by atoms with Gasteiger partial charge in [0.05, 0.1) is 16.2 Å². The Hall–Kier alpha value is -3.01. The number of benzene rings is 1. The standard InChI is InChI=1S/C24H23N3O3S3/c1-5-13-26(22(28)20-12-14-31-23(20)27-16(2)6-7-17(27)3)24-25-21(15-32-24)18-8-10-19(11-9-18)33(4,29)30/h5-12,14-15H,1,13H2,2-4H3. The molecule has 0 atom stereocenters. The highest BCUT2D eigenvalue weighted by atomic mass is 32.2. The number of thiazole rings is 1. The Bertz CT molecular complexity index is 1410. The van der Waals surface area contributed by atoms with Crippen LogP contribution < -0.4 is 4.90 Å². The van der Waals surface area contributed by atoms with E-state index in [1.54, 1.807) is 35.2 Å². The fourth-order valence-corrected chi connectivity index (χ4v) is 6.02. The van der Waals surface area contributed by atoms with Crippen LogP contribution in [0.25, 0.3) is 16.3 Å². The number of thiophene rings is 1. The van der Waals surface area contributed by atoms with Crippen LogP contribution in [0.15, 0.2) is 70.8 Å². The van der Waals surface area contributed by atoms with E-state index >= 15 is 0 Å². The van der Waals surface area contributed by atoms with Crippen molar-refractivity contribution in [2.75, 3.05) is 17.7 Å². The molecule has 3 heterocycles. The van der Waals surface area contributed by atoms with E-state index in [2.05, 4.69) is 16.1 Å². The highest BCUT2D eigenvalue weighted by Crippen LogP contribution is 2.32. The quantitative estimate of drug-likeness (QED) is 0.315. The lowest BCUT2D eigenvalue weighted by atomic mass is 10.2. The highest BCUT2D eigenvalue weighted by Gasteiger charge is 2.25. The average Bonchev–Trinajstić information content (AvgIpc) is 3.51. The average molecular weight is 498 g/mol. The Morgan fingerprint density at radius 2 is 1.76 bits per heavy atom. The number of nitrogens with zero attached hydrogens (tertiary/aromatic N) is 3. The zero-order valence-electron chi connectivity index (χ0n) is 18.5. The van der Waals surface area contributed by atoms with Crippen LogP contribution >= 0.6 is 22.7 Å². The van der Waals surface area contributed by atoms with Gasteiger partial charge >= 0.3 is 0 Å². The van der Waals surface area contributed by atoms with Gasteiger partial charge in [0.2, 0.25) is 0 Å². The van der Waals surface area contributed by atoms with Crippen LogP contribution in [0.1, 0.15) is 21.7 Å². The third kappa shape index (κ3) is 4.57. The van der Waals surface area contributed by atoms with Gasteiger partial charge < -0.3 is 4.57 Å². The van der Waals surface area contributed by atoms with E-state index in [9.17, 15) is 13.2 Å². The van der Waals surface area contributed by atoms with E-state index in [0.717, 1.165) is 22.0 Å². The van der Waals surface area contributed by atoms with E-state index in [0.29, 0.717) is 22.9 Å². The van der Waals surface area contributed by atoms with Gasteiger partial charge in [-0.15, -0.1) is 29.3 Å². The van der Waals surface area contributed by atoms with Crippen molar-refractivity contribution < 1.29 is 13.2 Å². The van der Waals surface area contributed by atoms with Gasteiger partial charge in [0.25, 0.3) is 5.91 Å². The first-order chi connectivity index (χ1) is 15.7. The van der Waals surface area contributed by atoms with Crippen LogP contribution in [0.4, 0.5) is 5.13 Å². The first-order valence-corrected chi connectivity index (χ1v) is 13.8. The number of hydrogen-bond donors (Lipinski definition) is 0. The molecule has 0 unspecified atom stereocenters. The maximum absolute atomic E-state index is 13.6. The molecule has 0 aliphatic carbocycles. The topological polar surface area (TPSA) is 72.3 Å². The summed E-state index contributed by atoms with van der Waals surface area (Å²) < 4.78 is 25.5. The van der Waals surface area contributed by atoms with E-state index < -0.39 is 9.84 Å². The number of carbonyl (C=O) groups is 1. The van der Waals surface area contributed by atoms with Gasteiger partial charge in [0.1, 0.15) is 5.00 Å². The molecule has 9 heteroatoms. The predicted molar refractivity (Wildman–Crippen MR) is 136 cm³/mol. The van der Waals surface area contributed by atoms with Crippen LogP contribution in [0.2, 0.25) is 0 Å². The van der Waals surface area contributed by atoms with E-state index in [-0.39, 0.29) is 10.8 Å². The Morgan fingerprint density at radius 3 is 2.36 bits per heavy atom. The second-order valence-corrected chi connectivity index (χ2v) is 11.4. The molecule has 0 aliphatic rings. The lowest BCUT2D eigenvalue weighted by molar-refractivity contribution is 0.0990. The molecule has 3 aromatic heterocycles.